The third-order valence-electron chi connectivity index (χ3n) is 4.44. The van der Waals surface area contributed by atoms with Gasteiger partial charge in [-0.15, -0.1) is 0 Å². The van der Waals surface area contributed by atoms with Crippen LogP contribution in [0.1, 0.15) is 23.7 Å². The molecule has 0 aliphatic heterocycles. The van der Waals surface area contributed by atoms with E-state index in [9.17, 15) is 18.0 Å². The van der Waals surface area contributed by atoms with Crippen LogP contribution >= 0.6 is 0 Å². The van der Waals surface area contributed by atoms with Crippen molar-refractivity contribution in [3.8, 4) is 11.3 Å². The fourth-order valence-electron chi connectivity index (χ4n) is 3.12. The first-order chi connectivity index (χ1) is 12.5. The number of rotatable bonds is 3. The van der Waals surface area contributed by atoms with Gasteiger partial charge >= 0.3 is 0 Å². The minimum absolute atomic E-state index is 0.0110. The molecule has 2 heterocycles. The molecular weight excluding hydrogens is 341 g/mol. The molecule has 0 bridgehead atoms. The third kappa shape index (κ3) is 2.37. The van der Waals surface area contributed by atoms with E-state index in [4.69, 9.17) is 0 Å². The van der Waals surface area contributed by atoms with Crippen LogP contribution in [0.5, 0.6) is 0 Å². The summed E-state index contributed by atoms with van der Waals surface area (Å²) in [7, 11) is 0. The predicted octanol–water partition coefficient (Wildman–Crippen LogP) is 5.39. The van der Waals surface area contributed by atoms with E-state index in [2.05, 4.69) is 9.97 Å². The lowest BCUT2D eigenvalue weighted by molar-refractivity contribution is 0.0989. The molecule has 4 rings (SSSR count). The molecular formula is C20H13F3N2O. The lowest BCUT2D eigenvalue weighted by Crippen LogP contribution is -1.98. The van der Waals surface area contributed by atoms with E-state index in [0.29, 0.717) is 34.1 Å². The highest BCUT2D eigenvalue weighted by molar-refractivity contribution is 6.07. The number of aromatic nitrogens is 2. The number of pyridine rings is 1. The molecule has 6 heteroatoms. The minimum atomic E-state index is -1.51. The number of H-pyrrole nitrogens is 1. The number of nitrogens with one attached hydrogen (secondary N) is 1. The van der Waals surface area contributed by atoms with Crippen molar-refractivity contribution in [2.75, 3.05) is 0 Å². The highest BCUT2D eigenvalue weighted by Crippen LogP contribution is 2.32. The fraction of sp³-hybridized carbons (Fsp3) is 0.100. The molecule has 2 aromatic heterocycles. The van der Waals surface area contributed by atoms with Crippen molar-refractivity contribution in [1.29, 1.82) is 0 Å². The van der Waals surface area contributed by atoms with Crippen LogP contribution in [0, 0.1) is 17.5 Å². The second-order valence-corrected chi connectivity index (χ2v) is 5.96. The number of benzene rings is 2. The monoisotopic (exact) mass is 354 g/mol. The number of Topliss-reactive ketones (excluding diaryl/α,β-unsaturated/α-hetero) is 1. The summed E-state index contributed by atoms with van der Waals surface area (Å²) in [4.78, 5) is 19.2. The van der Waals surface area contributed by atoms with Crippen molar-refractivity contribution < 1.29 is 18.0 Å². The van der Waals surface area contributed by atoms with Crippen LogP contribution in [0.4, 0.5) is 13.2 Å². The Balaban J connectivity index is 1.93. The number of carbonyl (C=O) groups excluding carboxylic acids is 1. The van der Waals surface area contributed by atoms with Gasteiger partial charge in [-0.3, -0.25) is 4.79 Å². The van der Waals surface area contributed by atoms with Crippen LogP contribution in [0.15, 0.2) is 42.6 Å². The summed E-state index contributed by atoms with van der Waals surface area (Å²) in [6.07, 6.45) is 1.84. The Morgan fingerprint density at radius 1 is 1.08 bits per heavy atom. The van der Waals surface area contributed by atoms with Crippen LogP contribution < -0.4 is 0 Å². The highest BCUT2D eigenvalue weighted by atomic mass is 19.2. The molecule has 0 saturated heterocycles. The van der Waals surface area contributed by atoms with Gasteiger partial charge in [-0.25, -0.2) is 18.2 Å². The predicted molar refractivity (Wildman–Crippen MR) is 93.5 cm³/mol. The van der Waals surface area contributed by atoms with Crippen LogP contribution in [-0.4, -0.2) is 15.8 Å². The number of halogens is 3. The minimum Gasteiger partial charge on any atom is -0.358 e. The Morgan fingerprint density at radius 3 is 2.65 bits per heavy atom. The van der Waals surface area contributed by atoms with Crippen LogP contribution in [0.2, 0.25) is 0 Å². The lowest BCUT2D eigenvalue weighted by Gasteiger charge is -2.06. The summed E-state index contributed by atoms with van der Waals surface area (Å²) >= 11 is 0. The average molecular weight is 354 g/mol. The number of fused-ring (bicyclic) bond motifs is 2. The van der Waals surface area contributed by atoms with E-state index >= 15 is 0 Å². The quantitative estimate of drug-likeness (QED) is 0.396. The Kier molecular flexibility index (Phi) is 3.76. The van der Waals surface area contributed by atoms with Crippen molar-refractivity contribution in [3.05, 3.63) is 65.6 Å². The smallest absolute Gasteiger partial charge is 0.196 e. The van der Waals surface area contributed by atoms with Crippen LogP contribution in [0.3, 0.4) is 0 Å². The fourth-order valence-corrected chi connectivity index (χ4v) is 3.12. The molecule has 3 nitrogen and oxygen atoms in total. The van der Waals surface area contributed by atoms with E-state index in [1.165, 1.54) is 6.20 Å². The second-order valence-electron chi connectivity index (χ2n) is 5.96. The zero-order valence-electron chi connectivity index (χ0n) is 13.7. The van der Waals surface area contributed by atoms with Crippen molar-refractivity contribution in [3.63, 3.8) is 0 Å². The van der Waals surface area contributed by atoms with E-state index in [-0.39, 0.29) is 16.7 Å². The zero-order valence-corrected chi connectivity index (χ0v) is 13.7. The first-order valence-corrected chi connectivity index (χ1v) is 8.09. The third-order valence-corrected chi connectivity index (χ3v) is 4.44. The number of ketones is 1. The molecule has 4 aromatic rings. The maximum absolute atomic E-state index is 13.9. The van der Waals surface area contributed by atoms with Gasteiger partial charge in [-0.05, 0) is 24.3 Å². The Bertz CT molecular complexity index is 1180. The molecule has 0 aliphatic carbocycles. The normalized spacial score (nSPS) is 11.4. The average Bonchev–Trinajstić information content (AvgIpc) is 3.08. The van der Waals surface area contributed by atoms with Gasteiger partial charge in [0.1, 0.15) is 0 Å². The van der Waals surface area contributed by atoms with E-state index in [1.807, 2.05) is 0 Å². The molecule has 1 N–H and O–H groups in total. The number of hydrogen-bond donors (Lipinski definition) is 1. The standard InChI is InChI=1S/C20H13F3N2O/c1-2-17(26)11-4-3-5-15-10(11)6-7-16(25-15)13-9-24-20-12(13)8-14(21)18(22)19(20)23/h3-9,24H,2H2,1H3. The highest BCUT2D eigenvalue weighted by Gasteiger charge is 2.18. The van der Waals surface area contributed by atoms with Crippen molar-refractivity contribution in [1.82, 2.24) is 9.97 Å². The van der Waals surface area contributed by atoms with E-state index < -0.39 is 17.5 Å². The van der Waals surface area contributed by atoms with Gasteiger partial charge < -0.3 is 4.98 Å². The maximum atomic E-state index is 13.9. The lowest BCUT2D eigenvalue weighted by atomic mass is 10.0. The molecule has 2 aromatic carbocycles. The van der Waals surface area contributed by atoms with Gasteiger partial charge in [0.25, 0.3) is 0 Å². The number of carbonyl (C=O) groups is 1. The van der Waals surface area contributed by atoms with Crippen molar-refractivity contribution in [2.24, 2.45) is 0 Å². The number of aromatic amines is 1. The number of nitrogens with zero attached hydrogens (tertiary/aromatic N) is 1. The summed E-state index contributed by atoms with van der Waals surface area (Å²) in [6.45, 7) is 1.79. The largest absolute Gasteiger partial charge is 0.358 e. The molecule has 0 spiro atoms. The molecule has 130 valence electrons. The Labute approximate surface area is 146 Å². The van der Waals surface area contributed by atoms with Gasteiger partial charge in [0.15, 0.2) is 23.2 Å². The van der Waals surface area contributed by atoms with Gasteiger partial charge in [0, 0.05) is 34.5 Å². The molecule has 0 fully saturated rings. The zero-order chi connectivity index (χ0) is 18.4. The van der Waals surface area contributed by atoms with Gasteiger partial charge in [-0.1, -0.05) is 19.1 Å². The SMILES string of the molecule is CCC(=O)c1cccc2nc(-c3c[nH]c4c(F)c(F)c(F)cc34)ccc12. The maximum Gasteiger partial charge on any atom is 0.196 e. The first kappa shape index (κ1) is 16.3. The van der Waals surface area contributed by atoms with Gasteiger partial charge in [-0.2, -0.15) is 0 Å². The molecule has 0 unspecified atom stereocenters. The Hall–Kier alpha value is -3.15. The summed E-state index contributed by atoms with van der Waals surface area (Å²) < 4.78 is 41.0. The topological polar surface area (TPSA) is 45.8 Å². The Morgan fingerprint density at radius 2 is 1.88 bits per heavy atom. The van der Waals surface area contributed by atoms with Crippen LogP contribution in [0.25, 0.3) is 33.1 Å². The van der Waals surface area contributed by atoms with Crippen LogP contribution in [-0.2, 0) is 0 Å². The number of hydrogen-bond acceptors (Lipinski definition) is 2. The van der Waals surface area contributed by atoms with Gasteiger partial charge in [0.2, 0.25) is 0 Å². The second kappa shape index (κ2) is 5.98. The summed E-state index contributed by atoms with van der Waals surface area (Å²) in [5.74, 6) is -4.02. The summed E-state index contributed by atoms with van der Waals surface area (Å²) in [5, 5.41) is 0.917. The molecule has 0 atom stereocenters. The molecule has 0 saturated carbocycles. The van der Waals surface area contributed by atoms with Gasteiger partial charge in [0.05, 0.1) is 16.7 Å². The molecule has 0 aliphatic rings. The summed E-state index contributed by atoms with van der Waals surface area (Å²) in [5.41, 5.74) is 1.99. The summed E-state index contributed by atoms with van der Waals surface area (Å²) in [6, 6.07) is 9.64. The molecule has 0 amide bonds. The van der Waals surface area contributed by atoms with E-state index in [1.54, 1.807) is 37.3 Å². The molecule has 0 radical (unpaired) electrons. The molecule has 26 heavy (non-hydrogen) atoms. The van der Waals surface area contributed by atoms with Crippen molar-refractivity contribution >= 4 is 27.6 Å². The van der Waals surface area contributed by atoms with E-state index in [0.717, 1.165) is 6.07 Å². The van der Waals surface area contributed by atoms with Crippen molar-refractivity contribution in [2.45, 2.75) is 13.3 Å². The first-order valence-electron chi connectivity index (χ1n) is 8.09.